The van der Waals surface area contributed by atoms with Crippen molar-refractivity contribution in [2.24, 2.45) is 5.73 Å². The molecule has 0 heterocycles. The van der Waals surface area contributed by atoms with Crippen LogP contribution in [-0.2, 0) is 57.5 Å². The second-order valence-electron chi connectivity index (χ2n) is 11.9. The van der Waals surface area contributed by atoms with Crippen molar-refractivity contribution in [1.82, 2.24) is 58.5 Å². The molecule has 0 saturated carbocycles. The SMILES string of the molecule is C[C@H](N)C(=O)N[C@@H](C)C(=O)N[C@@H](C)C(=O)N[C@@H](C)C(=O)N[C@@H](C)C(=O)N[C@@H](C)C(=O)NCC(=O)NCC(=O)NCC(=O)NCC(=O)NCC(=O)NCC(=O)O. The minimum Gasteiger partial charge on any atom is -0.480 e. The largest absolute Gasteiger partial charge is 0.480 e. The summed E-state index contributed by atoms with van der Waals surface area (Å²) in [6.07, 6.45) is 0. The van der Waals surface area contributed by atoms with Crippen LogP contribution in [0.2, 0.25) is 0 Å². The molecule has 0 aliphatic carbocycles. The fourth-order valence-electron chi connectivity index (χ4n) is 3.55. The summed E-state index contributed by atoms with van der Waals surface area (Å²) < 4.78 is 0. The fraction of sp³-hybridized carbons (Fsp3) is 0.600. The molecule has 0 saturated heterocycles. The summed E-state index contributed by atoms with van der Waals surface area (Å²) >= 11 is 0. The van der Waals surface area contributed by atoms with E-state index in [1.54, 1.807) is 0 Å². The number of hydrogen-bond acceptors (Lipinski definition) is 13. The first-order valence-electron chi connectivity index (χ1n) is 16.6. The van der Waals surface area contributed by atoms with Gasteiger partial charge in [0.05, 0.1) is 38.8 Å². The predicted octanol–water partition coefficient (Wildman–Crippen LogP) is -8.36. The number of carboxylic acids is 1. The minimum absolute atomic E-state index is 0.526. The number of nitrogens with one attached hydrogen (secondary N) is 11. The van der Waals surface area contributed by atoms with Gasteiger partial charge in [-0.15, -0.1) is 0 Å². The molecule has 0 radical (unpaired) electrons. The van der Waals surface area contributed by atoms with Gasteiger partial charge in [0.15, 0.2) is 0 Å². The van der Waals surface area contributed by atoms with Crippen molar-refractivity contribution in [3.05, 3.63) is 0 Å². The monoisotopic (exact) mass is 786 g/mol. The summed E-state index contributed by atoms with van der Waals surface area (Å²) in [7, 11) is 0. The normalized spacial score (nSPS) is 13.6. The third-order valence-electron chi connectivity index (χ3n) is 6.82. The molecule has 0 unspecified atom stereocenters. The van der Waals surface area contributed by atoms with Gasteiger partial charge in [-0.3, -0.25) is 57.5 Å². The van der Waals surface area contributed by atoms with Gasteiger partial charge in [-0.05, 0) is 41.5 Å². The zero-order valence-corrected chi connectivity index (χ0v) is 31.1. The van der Waals surface area contributed by atoms with Crippen molar-refractivity contribution >= 4 is 70.9 Å². The second-order valence-corrected chi connectivity index (χ2v) is 11.9. The molecule has 0 bridgehead atoms. The van der Waals surface area contributed by atoms with Gasteiger partial charge < -0.3 is 69.3 Å². The lowest BCUT2D eigenvalue weighted by Crippen LogP contribution is -2.57. The topological polar surface area (TPSA) is 383 Å². The number of rotatable bonds is 23. The first-order chi connectivity index (χ1) is 25.5. The number of carbonyl (C=O) groups excluding carboxylic acids is 11. The molecule has 14 N–H and O–H groups in total. The van der Waals surface area contributed by atoms with E-state index in [2.05, 4.69) is 53.2 Å². The zero-order valence-electron chi connectivity index (χ0n) is 31.1. The summed E-state index contributed by atoms with van der Waals surface area (Å²) in [5, 5.41) is 33.2. The number of hydrogen-bond donors (Lipinski definition) is 13. The molecule has 0 aromatic rings. The van der Waals surface area contributed by atoms with E-state index in [-0.39, 0.29) is 0 Å². The van der Waals surface area contributed by atoms with E-state index in [4.69, 9.17) is 10.8 Å². The standard InChI is InChI=1S/C30H50N12O13/c1-13(31)25(50)38-15(3)27(52)40-17(5)29(54)42-18(6)30(55)41-16(4)28(53)39-14(2)26(51)37-11-23(47)35-9-21(45)33-7-19(43)32-8-20(44)34-10-22(46)36-12-24(48)49/h13-18H,7-12,31H2,1-6H3,(H,32,43)(H,33,45)(H,34,44)(H,35,47)(H,36,46)(H,37,51)(H,38,50)(H,39,53)(H,40,52)(H,41,55)(H,42,54)(H,48,49)/t13-,14-,15-,16-,17-,18-/m0/s1. The van der Waals surface area contributed by atoms with Crippen LogP contribution in [0.15, 0.2) is 0 Å². The Morgan fingerprint density at radius 1 is 0.364 bits per heavy atom. The average molecular weight is 787 g/mol. The maximum atomic E-state index is 12.6. The Morgan fingerprint density at radius 3 is 0.836 bits per heavy atom. The van der Waals surface area contributed by atoms with Crippen LogP contribution in [0.5, 0.6) is 0 Å². The van der Waals surface area contributed by atoms with Gasteiger partial charge in [-0.25, -0.2) is 0 Å². The molecule has 0 fully saturated rings. The predicted molar refractivity (Wildman–Crippen MR) is 187 cm³/mol. The molecular weight excluding hydrogens is 736 g/mol. The maximum Gasteiger partial charge on any atom is 0.322 e. The van der Waals surface area contributed by atoms with E-state index >= 15 is 0 Å². The van der Waals surface area contributed by atoms with E-state index in [1.807, 2.05) is 5.32 Å². The molecular formula is C30H50N12O13. The van der Waals surface area contributed by atoms with Crippen LogP contribution in [0, 0.1) is 0 Å². The third-order valence-corrected chi connectivity index (χ3v) is 6.82. The van der Waals surface area contributed by atoms with Crippen LogP contribution in [0.4, 0.5) is 0 Å². The first kappa shape index (κ1) is 48.6. The van der Waals surface area contributed by atoms with Crippen LogP contribution in [0.1, 0.15) is 41.5 Å². The quantitative estimate of drug-likeness (QED) is 0.0458. The van der Waals surface area contributed by atoms with E-state index in [0.29, 0.717) is 0 Å². The van der Waals surface area contributed by atoms with Gasteiger partial charge in [-0.1, -0.05) is 0 Å². The molecule has 0 aliphatic rings. The molecule has 11 amide bonds. The summed E-state index contributed by atoms with van der Waals surface area (Å²) in [5.74, 6) is -9.52. The van der Waals surface area contributed by atoms with E-state index in [0.717, 1.165) is 0 Å². The van der Waals surface area contributed by atoms with E-state index in [9.17, 15) is 57.5 Å². The first-order valence-corrected chi connectivity index (χ1v) is 16.6. The number of amides is 11. The lowest BCUT2D eigenvalue weighted by Gasteiger charge is -2.22. The maximum absolute atomic E-state index is 12.6. The smallest absolute Gasteiger partial charge is 0.322 e. The van der Waals surface area contributed by atoms with Crippen molar-refractivity contribution in [2.45, 2.75) is 77.8 Å². The average Bonchev–Trinajstić information content (AvgIpc) is 3.11. The lowest BCUT2D eigenvalue weighted by molar-refractivity contribution is -0.138. The van der Waals surface area contributed by atoms with Gasteiger partial charge in [0, 0.05) is 0 Å². The highest BCUT2D eigenvalue weighted by Gasteiger charge is 2.27. The molecule has 308 valence electrons. The van der Waals surface area contributed by atoms with Crippen LogP contribution in [0.3, 0.4) is 0 Å². The van der Waals surface area contributed by atoms with E-state index in [1.165, 1.54) is 41.5 Å². The molecule has 0 spiro atoms. The zero-order chi connectivity index (χ0) is 42.4. The molecule has 25 heteroatoms. The van der Waals surface area contributed by atoms with Crippen LogP contribution in [0.25, 0.3) is 0 Å². The van der Waals surface area contributed by atoms with E-state index < -0.39 is 146 Å². The molecule has 0 aromatic heterocycles. The number of carbonyl (C=O) groups is 12. The van der Waals surface area contributed by atoms with Crippen molar-refractivity contribution < 1.29 is 62.6 Å². The lowest BCUT2D eigenvalue weighted by atomic mass is 10.2. The van der Waals surface area contributed by atoms with Gasteiger partial charge in [0.2, 0.25) is 65.0 Å². The Balaban J connectivity index is 4.46. The fourth-order valence-corrected chi connectivity index (χ4v) is 3.55. The summed E-state index contributed by atoms with van der Waals surface area (Å²) in [6.45, 7) is 4.63. The summed E-state index contributed by atoms with van der Waals surface area (Å²) in [6, 6.07) is -6.47. The highest BCUT2D eigenvalue weighted by molar-refractivity contribution is 5.97. The van der Waals surface area contributed by atoms with Crippen LogP contribution in [-0.4, -0.2) is 152 Å². The minimum atomic E-state index is -1.28. The van der Waals surface area contributed by atoms with Crippen LogP contribution < -0.4 is 64.2 Å². The third kappa shape index (κ3) is 21.7. The summed E-state index contributed by atoms with van der Waals surface area (Å²) in [5.41, 5.74) is 5.45. The van der Waals surface area contributed by atoms with Crippen molar-refractivity contribution in [3.63, 3.8) is 0 Å². The summed E-state index contributed by atoms with van der Waals surface area (Å²) in [4.78, 5) is 143. The number of carboxylic acid groups (broad SMARTS) is 1. The number of aliphatic carboxylic acids is 1. The van der Waals surface area contributed by atoms with Crippen molar-refractivity contribution in [1.29, 1.82) is 0 Å². The Hall–Kier alpha value is -6.40. The molecule has 55 heavy (non-hydrogen) atoms. The van der Waals surface area contributed by atoms with Crippen molar-refractivity contribution in [2.75, 3.05) is 39.3 Å². The molecule has 0 aromatic carbocycles. The van der Waals surface area contributed by atoms with Gasteiger partial charge in [0.25, 0.3) is 0 Å². The van der Waals surface area contributed by atoms with Gasteiger partial charge in [-0.2, -0.15) is 0 Å². The highest BCUT2D eigenvalue weighted by Crippen LogP contribution is 1.94. The highest BCUT2D eigenvalue weighted by atomic mass is 16.4. The molecule has 0 rings (SSSR count). The van der Waals surface area contributed by atoms with Crippen molar-refractivity contribution in [3.8, 4) is 0 Å². The Labute approximate surface area is 314 Å². The van der Waals surface area contributed by atoms with Gasteiger partial charge >= 0.3 is 5.97 Å². The Morgan fingerprint density at radius 2 is 0.582 bits per heavy atom. The molecule has 6 atom stereocenters. The molecule has 25 nitrogen and oxygen atoms in total. The second kappa shape index (κ2) is 24.8. The Kier molecular flexibility index (Phi) is 21.9. The number of nitrogens with two attached hydrogens (primary N) is 1. The molecule has 0 aliphatic heterocycles. The van der Waals surface area contributed by atoms with Gasteiger partial charge in [0.1, 0.15) is 36.8 Å². The van der Waals surface area contributed by atoms with Crippen LogP contribution >= 0.6 is 0 Å². The Bertz CT molecular complexity index is 1470.